The maximum absolute atomic E-state index is 11.7. The van der Waals surface area contributed by atoms with E-state index >= 15 is 0 Å². The summed E-state index contributed by atoms with van der Waals surface area (Å²) in [7, 11) is 1.45. The Labute approximate surface area is 95.1 Å². The van der Waals surface area contributed by atoms with Gasteiger partial charge < -0.3 is 4.84 Å². The van der Waals surface area contributed by atoms with Crippen molar-refractivity contribution in [3.63, 3.8) is 0 Å². The SMILES string of the molecule is CCOOC(=O)C(CC)(CC)C(=O)ONC. The first-order chi connectivity index (χ1) is 7.58. The second kappa shape index (κ2) is 7.19. The third-order valence-corrected chi connectivity index (χ3v) is 2.44. The van der Waals surface area contributed by atoms with Crippen LogP contribution >= 0.6 is 0 Å². The number of hydroxylamine groups is 1. The zero-order valence-corrected chi connectivity index (χ0v) is 10.2. The fourth-order valence-electron chi connectivity index (χ4n) is 1.29. The van der Waals surface area contributed by atoms with Crippen LogP contribution in [0.15, 0.2) is 0 Å². The van der Waals surface area contributed by atoms with Gasteiger partial charge in [0.05, 0.1) is 6.61 Å². The lowest BCUT2D eigenvalue weighted by Crippen LogP contribution is -2.42. The van der Waals surface area contributed by atoms with E-state index in [-0.39, 0.29) is 19.4 Å². The van der Waals surface area contributed by atoms with Gasteiger partial charge in [0.15, 0.2) is 5.41 Å². The Kier molecular flexibility index (Phi) is 6.67. The van der Waals surface area contributed by atoms with E-state index in [9.17, 15) is 9.59 Å². The summed E-state index contributed by atoms with van der Waals surface area (Å²) < 4.78 is 0. The van der Waals surface area contributed by atoms with E-state index in [2.05, 4.69) is 20.1 Å². The van der Waals surface area contributed by atoms with Crippen molar-refractivity contribution in [1.29, 1.82) is 0 Å². The molecule has 0 radical (unpaired) electrons. The minimum absolute atomic E-state index is 0.232. The van der Waals surface area contributed by atoms with Crippen molar-refractivity contribution in [2.24, 2.45) is 5.41 Å². The molecule has 0 unspecified atom stereocenters. The van der Waals surface area contributed by atoms with E-state index in [1.807, 2.05) is 0 Å². The van der Waals surface area contributed by atoms with Crippen molar-refractivity contribution in [1.82, 2.24) is 5.48 Å². The molecule has 0 saturated heterocycles. The lowest BCUT2D eigenvalue weighted by molar-refractivity contribution is -0.279. The summed E-state index contributed by atoms with van der Waals surface area (Å²) in [6, 6.07) is 0. The molecule has 0 aromatic heterocycles. The van der Waals surface area contributed by atoms with Crippen LogP contribution < -0.4 is 5.48 Å². The Morgan fingerprint density at radius 3 is 2.06 bits per heavy atom. The molecule has 0 bridgehead atoms. The average Bonchev–Trinajstić information content (AvgIpc) is 2.29. The van der Waals surface area contributed by atoms with E-state index in [1.54, 1.807) is 20.8 Å². The van der Waals surface area contributed by atoms with E-state index < -0.39 is 17.4 Å². The first-order valence-electron chi connectivity index (χ1n) is 5.30. The lowest BCUT2D eigenvalue weighted by atomic mass is 9.82. The molecular formula is C10H19NO5. The number of nitrogens with one attached hydrogen (secondary N) is 1. The van der Waals surface area contributed by atoms with Gasteiger partial charge in [-0.25, -0.2) is 9.59 Å². The number of carbonyl (C=O) groups excluding carboxylic acids is 2. The molecule has 0 rings (SSSR count). The minimum Gasteiger partial charge on any atom is -0.370 e. The van der Waals surface area contributed by atoms with Gasteiger partial charge in [0.2, 0.25) is 0 Å². The Morgan fingerprint density at radius 2 is 1.69 bits per heavy atom. The van der Waals surface area contributed by atoms with Crippen LogP contribution in [0.4, 0.5) is 0 Å². The standard InChI is InChI=1S/C10H19NO5/c1-5-10(6-2,8(12)15-11-4)9(13)16-14-7-3/h11H,5-7H2,1-4H3. The maximum atomic E-state index is 11.7. The summed E-state index contributed by atoms with van der Waals surface area (Å²) in [6.07, 6.45) is 0.575. The summed E-state index contributed by atoms with van der Waals surface area (Å²) in [6.45, 7) is 5.34. The number of hydrogen-bond donors (Lipinski definition) is 1. The summed E-state index contributed by atoms with van der Waals surface area (Å²) in [5.41, 5.74) is 0.947. The normalized spacial score (nSPS) is 11.0. The van der Waals surface area contributed by atoms with Crippen LogP contribution in [0.1, 0.15) is 33.6 Å². The van der Waals surface area contributed by atoms with Crippen molar-refractivity contribution >= 4 is 11.9 Å². The largest absolute Gasteiger partial charge is 0.370 e. The first-order valence-corrected chi connectivity index (χ1v) is 5.30. The fraction of sp³-hybridized carbons (Fsp3) is 0.800. The van der Waals surface area contributed by atoms with Crippen LogP contribution in [0.5, 0.6) is 0 Å². The third kappa shape index (κ3) is 3.18. The molecule has 1 N–H and O–H groups in total. The molecule has 0 spiro atoms. The van der Waals surface area contributed by atoms with Gasteiger partial charge in [0.1, 0.15) is 0 Å². The Hall–Kier alpha value is -1.14. The van der Waals surface area contributed by atoms with Crippen molar-refractivity contribution < 1.29 is 24.2 Å². The van der Waals surface area contributed by atoms with Crippen LogP contribution in [0, 0.1) is 5.41 Å². The predicted octanol–water partition coefficient (Wildman–Crippen LogP) is 0.965. The highest BCUT2D eigenvalue weighted by atomic mass is 17.2. The quantitative estimate of drug-likeness (QED) is 0.401. The van der Waals surface area contributed by atoms with Crippen LogP contribution in [-0.2, 0) is 24.2 Å². The molecule has 0 fully saturated rings. The summed E-state index contributed by atoms with van der Waals surface area (Å²) in [5, 5.41) is 0. The molecule has 16 heavy (non-hydrogen) atoms. The molecule has 0 atom stereocenters. The third-order valence-electron chi connectivity index (χ3n) is 2.44. The van der Waals surface area contributed by atoms with Gasteiger partial charge in [-0.3, -0.25) is 4.89 Å². The van der Waals surface area contributed by atoms with Crippen LogP contribution in [-0.4, -0.2) is 25.6 Å². The Morgan fingerprint density at radius 1 is 1.12 bits per heavy atom. The smallest absolute Gasteiger partial charge is 0.359 e. The molecule has 0 aromatic rings. The second-order valence-electron chi connectivity index (χ2n) is 3.16. The van der Waals surface area contributed by atoms with Crippen LogP contribution in [0.2, 0.25) is 0 Å². The van der Waals surface area contributed by atoms with Gasteiger partial charge in [-0.15, -0.1) is 0 Å². The minimum atomic E-state index is -1.31. The molecule has 0 amide bonds. The first kappa shape index (κ1) is 14.9. The van der Waals surface area contributed by atoms with Gasteiger partial charge in [-0.1, -0.05) is 13.8 Å². The Balaban J connectivity index is 4.78. The van der Waals surface area contributed by atoms with Crippen LogP contribution in [0.3, 0.4) is 0 Å². The summed E-state index contributed by atoms with van der Waals surface area (Å²) in [4.78, 5) is 37.2. The van der Waals surface area contributed by atoms with E-state index in [0.29, 0.717) is 0 Å². The highest BCUT2D eigenvalue weighted by molar-refractivity contribution is 5.99. The zero-order chi connectivity index (χ0) is 12.6. The fourth-order valence-corrected chi connectivity index (χ4v) is 1.29. The average molecular weight is 233 g/mol. The molecule has 0 saturated carbocycles. The highest BCUT2D eigenvalue weighted by Gasteiger charge is 2.47. The molecule has 0 aliphatic carbocycles. The van der Waals surface area contributed by atoms with Gasteiger partial charge >= 0.3 is 11.9 Å². The molecule has 0 aliphatic heterocycles. The molecular weight excluding hydrogens is 214 g/mol. The zero-order valence-electron chi connectivity index (χ0n) is 10.2. The number of rotatable bonds is 7. The lowest BCUT2D eigenvalue weighted by Gasteiger charge is -2.24. The van der Waals surface area contributed by atoms with Crippen molar-refractivity contribution in [3.8, 4) is 0 Å². The number of carbonyl (C=O) groups is 2. The van der Waals surface area contributed by atoms with E-state index in [1.165, 1.54) is 7.05 Å². The van der Waals surface area contributed by atoms with Crippen molar-refractivity contribution in [3.05, 3.63) is 0 Å². The van der Waals surface area contributed by atoms with Gasteiger partial charge in [0.25, 0.3) is 0 Å². The van der Waals surface area contributed by atoms with Crippen molar-refractivity contribution in [2.75, 3.05) is 13.7 Å². The summed E-state index contributed by atoms with van der Waals surface area (Å²) >= 11 is 0. The number of hydrogen-bond acceptors (Lipinski definition) is 6. The van der Waals surface area contributed by atoms with Crippen molar-refractivity contribution in [2.45, 2.75) is 33.6 Å². The molecule has 0 aliphatic rings. The molecule has 0 aromatic carbocycles. The molecule has 6 nitrogen and oxygen atoms in total. The molecule has 94 valence electrons. The monoisotopic (exact) mass is 233 g/mol. The second-order valence-corrected chi connectivity index (χ2v) is 3.16. The van der Waals surface area contributed by atoms with Gasteiger partial charge in [0, 0.05) is 7.05 Å². The Bertz CT molecular complexity index is 237. The maximum Gasteiger partial charge on any atom is 0.359 e. The van der Waals surface area contributed by atoms with Crippen LogP contribution in [0.25, 0.3) is 0 Å². The molecule has 0 heterocycles. The van der Waals surface area contributed by atoms with E-state index in [4.69, 9.17) is 0 Å². The topological polar surface area (TPSA) is 73.9 Å². The predicted molar refractivity (Wildman–Crippen MR) is 55.9 cm³/mol. The summed E-state index contributed by atoms with van der Waals surface area (Å²) in [5.74, 6) is -1.38. The van der Waals surface area contributed by atoms with Gasteiger partial charge in [-0.05, 0) is 19.8 Å². The molecule has 6 heteroatoms. The highest BCUT2D eigenvalue weighted by Crippen LogP contribution is 2.29. The van der Waals surface area contributed by atoms with Gasteiger partial charge in [-0.2, -0.15) is 10.4 Å². The van der Waals surface area contributed by atoms with E-state index in [0.717, 1.165) is 0 Å².